The van der Waals surface area contributed by atoms with E-state index in [9.17, 15) is 38.4 Å². The zero-order valence-electron chi connectivity index (χ0n) is 32.0. The van der Waals surface area contributed by atoms with Crippen molar-refractivity contribution in [3.63, 3.8) is 0 Å². The van der Waals surface area contributed by atoms with Crippen molar-refractivity contribution in [1.82, 2.24) is 4.57 Å². The van der Waals surface area contributed by atoms with Gasteiger partial charge in [0.15, 0.2) is 0 Å². The first-order valence-corrected chi connectivity index (χ1v) is 20.5. The van der Waals surface area contributed by atoms with E-state index in [0.717, 1.165) is 11.3 Å². The summed E-state index contributed by atoms with van der Waals surface area (Å²) in [6.07, 6.45) is -3.36. The van der Waals surface area contributed by atoms with Gasteiger partial charge in [0.25, 0.3) is 11.0 Å². The monoisotopic (exact) mass is 870 g/mol. The van der Waals surface area contributed by atoms with Crippen molar-refractivity contribution >= 4 is 100 Å². The van der Waals surface area contributed by atoms with E-state index in [1.54, 1.807) is 12.1 Å². The minimum absolute atomic E-state index is 0. The molecule has 0 unspecified atom stereocenters. The third-order valence-corrected chi connectivity index (χ3v) is 12.5. The molecule has 57 heavy (non-hydrogen) atoms. The van der Waals surface area contributed by atoms with Gasteiger partial charge >= 0.3 is 21.2 Å². The third kappa shape index (κ3) is 14.7. The second-order valence-electron chi connectivity index (χ2n) is 13.2. The van der Waals surface area contributed by atoms with Crippen LogP contribution in [0.1, 0.15) is 67.9 Å². The number of carboxylic acids is 1. The summed E-state index contributed by atoms with van der Waals surface area (Å²) in [5.41, 5.74) is 9.78. The van der Waals surface area contributed by atoms with Gasteiger partial charge in [-0.25, -0.2) is 4.39 Å². The van der Waals surface area contributed by atoms with Crippen molar-refractivity contribution in [2.45, 2.75) is 75.7 Å². The molecular formula is C37H48CaFN3NaO12P2. The molecule has 11 N–H and O–H groups in total. The SMILES string of the molecule is CC(C)c1c(C(=O)Nc2ccccc2)c(-c2ccccc2)c(-c2ccc(F)cc2)n1CC[C@@H](O)C[C@@H](O)CC(=O)O.NCCCC(O)(P(=O)(O)O)P(=O)(O)O.[Ca].[Na]. The van der Waals surface area contributed by atoms with Crippen molar-refractivity contribution < 1.29 is 63.1 Å². The molecule has 0 aliphatic rings. The number of carbonyl (C=O) groups is 2. The van der Waals surface area contributed by atoms with Crippen LogP contribution in [0, 0.1) is 5.82 Å². The molecule has 0 spiro atoms. The summed E-state index contributed by atoms with van der Waals surface area (Å²) >= 11 is 0. The molecule has 1 amide bonds. The second-order valence-corrected chi connectivity index (χ2v) is 17.2. The Morgan fingerprint density at radius 1 is 0.860 bits per heavy atom. The first-order valence-electron chi connectivity index (χ1n) is 17.3. The van der Waals surface area contributed by atoms with Crippen molar-refractivity contribution in [3.05, 3.63) is 102 Å². The standard InChI is InChI=1S/C33H35FN2O5.C4H13NO7P2.Ca.Na/c1-21(2)31-30(33(41)35-25-11-7-4-8-12-25)29(22-9-5-3-6-10-22)32(23-13-15-24(34)16-14-23)36(31)18-17-26(37)19-27(38)20-28(39)40;5-3-1-2-4(6,13(7,8)9)14(10,11)12;;/h3-16,21,26-27,37-38H,17-20H2,1-2H3,(H,35,41)(H,39,40);6H,1-3,5H2,(H2,7,8,9)(H2,10,11,12);;/t26-,27-;;;/m1.../s1. The molecule has 0 aliphatic carbocycles. The van der Waals surface area contributed by atoms with Gasteiger partial charge in [-0.3, -0.25) is 18.7 Å². The Hall–Kier alpha value is -1.79. The number of nitrogens with one attached hydrogen (secondary N) is 1. The van der Waals surface area contributed by atoms with Crippen LogP contribution in [-0.2, 0) is 20.5 Å². The first-order chi connectivity index (χ1) is 25.7. The van der Waals surface area contributed by atoms with Crippen LogP contribution in [-0.4, -0.2) is 148 Å². The van der Waals surface area contributed by atoms with E-state index in [2.05, 4.69) is 5.32 Å². The van der Waals surface area contributed by atoms with Crippen LogP contribution < -0.4 is 11.1 Å². The minimum atomic E-state index is -5.30. The summed E-state index contributed by atoms with van der Waals surface area (Å²) in [5, 5.41) is 38.7. The maximum absolute atomic E-state index is 14.0. The van der Waals surface area contributed by atoms with Crippen molar-refractivity contribution in [3.8, 4) is 22.4 Å². The zero-order chi connectivity index (χ0) is 41.1. The molecule has 0 saturated heterocycles. The van der Waals surface area contributed by atoms with Crippen LogP contribution in [0.3, 0.4) is 0 Å². The summed E-state index contributed by atoms with van der Waals surface area (Å²) in [5.74, 6) is -1.93. The molecule has 3 radical (unpaired) electrons. The second kappa shape index (κ2) is 23.9. The maximum atomic E-state index is 14.0. The Balaban J connectivity index is 0.000000870. The van der Waals surface area contributed by atoms with Gasteiger partial charge in [-0.05, 0) is 79.3 Å². The summed E-state index contributed by atoms with van der Waals surface area (Å²) in [6, 6.07) is 24.8. The number of hydrogen-bond donors (Lipinski definition) is 10. The molecule has 1 aromatic heterocycles. The number of benzene rings is 3. The molecule has 4 rings (SSSR count). The third-order valence-electron chi connectivity index (χ3n) is 8.58. The van der Waals surface area contributed by atoms with E-state index in [0.29, 0.717) is 28.1 Å². The molecule has 0 aliphatic heterocycles. The number of halogens is 1. The Labute approximate surface area is 382 Å². The van der Waals surface area contributed by atoms with Crippen LogP contribution in [0.4, 0.5) is 10.1 Å². The Kier molecular flexibility index (Phi) is 22.3. The number of hydrogen-bond acceptors (Lipinski definition) is 8. The van der Waals surface area contributed by atoms with Gasteiger partial charge in [0.2, 0.25) is 0 Å². The normalized spacial score (nSPS) is 12.7. The van der Waals surface area contributed by atoms with Crippen molar-refractivity contribution in [2.75, 3.05) is 11.9 Å². The molecule has 0 fully saturated rings. The number of nitrogens with two attached hydrogens (primary N) is 1. The minimum Gasteiger partial charge on any atom is -0.481 e. The zero-order valence-corrected chi connectivity index (χ0v) is 38.0. The number of aliphatic carboxylic acids is 1. The van der Waals surface area contributed by atoms with Gasteiger partial charge < -0.3 is 55.6 Å². The molecule has 4 aromatic rings. The quantitative estimate of drug-likeness (QED) is 0.0525. The number of anilines is 1. The number of aliphatic hydroxyl groups excluding tert-OH is 2. The molecule has 3 aromatic carbocycles. The number of carbonyl (C=O) groups excluding carboxylic acids is 1. The molecule has 20 heteroatoms. The van der Waals surface area contributed by atoms with Crippen LogP contribution in [0.2, 0.25) is 0 Å². The van der Waals surface area contributed by atoms with Gasteiger partial charge in [0, 0.05) is 97.2 Å². The average Bonchev–Trinajstić information content (AvgIpc) is 3.45. The van der Waals surface area contributed by atoms with Gasteiger partial charge in [-0.2, -0.15) is 0 Å². The topological polar surface area (TPSA) is 273 Å². The van der Waals surface area contributed by atoms with Gasteiger partial charge in [-0.15, -0.1) is 0 Å². The molecule has 2 atom stereocenters. The van der Waals surface area contributed by atoms with Gasteiger partial charge in [0.1, 0.15) is 5.82 Å². The number of carboxylic acid groups (broad SMARTS) is 1. The summed E-state index contributed by atoms with van der Waals surface area (Å²) < 4.78 is 37.4. The van der Waals surface area contributed by atoms with Crippen LogP contribution >= 0.6 is 15.2 Å². The fourth-order valence-corrected chi connectivity index (χ4v) is 8.26. The number of aliphatic hydroxyl groups is 3. The Morgan fingerprint density at radius 2 is 1.39 bits per heavy atom. The molecule has 303 valence electrons. The number of nitrogens with zero attached hydrogens (tertiary/aromatic N) is 1. The molecule has 0 bridgehead atoms. The molecule has 15 nitrogen and oxygen atoms in total. The molecule has 1 heterocycles. The molecular weight excluding hydrogens is 822 g/mol. The van der Waals surface area contributed by atoms with Crippen LogP contribution in [0.5, 0.6) is 0 Å². The Bertz CT molecular complexity index is 1960. The predicted molar refractivity (Wildman–Crippen MR) is 216 cm³/mol. The predicted octanol–water partition coefficient (Wildman–Crippen LogP) is 4.28. The van der Waals surface area contributed by atoms with E-state index in [4.69, 9.17) is 30.4 Å². The van der Waals surface area contributed by atoms with E-state index >= 15 is 0 Å². The summed E-state index contributed by atoms with van der Waals surface area (Å²) in [4.78, 5) is 59.5. The van der Waals surface area contributed by atoms with E-state index in [1.165, 1.54) is 12.1 Å². The maximum Gasteiger partial charge on any atom is 0.369 e. The number of aromatic nitrogens is 1. The smallest absolute Gasteiger partial charge is 0.369 e. The van der Waals surface area contributed by atoms with Gasteiger partial charge in [0.05, 0.1) is 29.9 Å². The largest absolute Gasteiger partial charge is 0.481 e. The van der Waals surface area contributed by atoms with E-state index < -0.39 is 51.3 Å². The van der Waals surface area contributed by atoms with Crippen molar-refractivity contribution in [1.29, 1.82) is 0 Å². The molecule has 0 saturated carbocycles. The average molecular weight is 871 g/mol. The van der Waals surface area contributed by atoms with E-state index in [1.807, 2.05) is 79.1 Å². The first kappa shape index (κ1) is 53.2. The van der Waals surface area contributed by atoms with Crippen molar-refractivity contribution in [2.24, 2.45) is 5.73 Å². The fraction of sp³-hybridized carbons (Fsp3) is 0.351. The number of para-hydroxylation sites is 1. The summed E-state index contributed by atoms with van der Waals surface area (Å²) in [6.45, 7) is 4.21. The summed E-state index contributed by atoms with van der Waals surface area (Å²) in [7, 11) is -10.6. The number of rotatable bonds is 17. The Morgan fingerprint density at radius 3 is 1.86 bits per heavy atom. The van der Waals surface area contributed by atoms with Crippen LogP contribution in [0.15, 0.2) is 84.9 Å². The number of amides is 1. The fourth-order valence-electron chi connectivity index (χ4n) is 6.00. The van der Waals surface area contributed by atoms with Crippen LogP contribution in [0.25, 0.3) is 22.4 Å². The van der Waals surface area contributed by atoms with E-state index in [-0.39, 0.29) is 117 Å². The van der Waals surface area contributed by atoms with Gasteiger partial charge in [-0.1, -0.05) is 62.4 Å².